The number of hydrazine groups is 1. The fraction of sp³-hybridized carbons (Fsp3) is 0.375. The summed E-state index contributed by atoms with van der Waals surface area (Å²) >= 11 is 0. The third-order valence-electron chi connectivity index (χ3n) is 3.79. The maximum atomic E-state index is 13.7. The molecule has 1 aliphatic carbocycles. The third-order valence-corrected chi connectivity index (χ3v) is 3.79. The monoisotopic (exact) mass is 371 g/mol. The van der Waals surface area contributed by atoms with Crippen LogP contribution in [0.1, 0.15) is 30.9 Å². The number of halogens is 4. The molecule has 1 aromatic heterocycles. The number of aromatic nitrogens is 2. The van der Waals surface area contributed by atoms with Crippen LogP contribution < -0.4 is 16.2 Å². The smallest absolute Gasteiger partial charge is 0.224 e. The highest BCUT2D eigenvalue weighted by Crippen LogP contribution is 2.39. The molecule has 0 saturated heterocycles. The quantitative estimate of drug-likeness (QED) is 0.247. The SMILES string of the molecule is OCCCNc1nc(NNc2c(F)c(F)cc(F)c2F)cc(C2CC2)n1. The predicted molar refractivity (Wildman–Crippen MR) is 87.7 cm³/mol. The van der Waals surface area contributed by atoms with E-state index in [1.807, 2.05) is 0 Å². The Morgan fingerprint density at radius 3 is 2.31 bits per heavy atom. The van der Waals surface area contributed by atoms with Crippen molar-refractivity contribution in [3.05, 3.63) is 41.1 Å². The summed E-state index contributed by atoms with van der Waals surface area (Å²) in [6.45, 7) is 0.446. The summed E-state index contributed by atoms with van der Waals surface area (Å²) in [6, 6.07) is 1.72. The number of benzene rings is 1. The first-order chi connectivity index (χ1) is 12.5. The van der Waals surface area contributed by atoms with Gasteiger partial charge in [0.25, 0.3) is 0 Å². The van der Waals surface area contributed by atoms with Crippen molar-refractivity contribution < 1.29 is 22.7 Å². The van der Waals surface area contributed by atoms with Crippen LogP contribution in [0.4, 0.5) is 35.0 Å². The van der Waals surface area contributed by atoms with Crippen molar-refractivity contribution in [3.8, 4) is 0 Å². The molecule has 1 fully saturated rings. The molecule has 0 spiro atoms. The third kappa shape index (κ3) is 4.13. The molecule has 3 rings (SSSR count). The Bertz CT molecular complexity index is 774. The lowest BCUT2D eigenvalue weighted by molar-refractivity contribution is 0.292. The van der Waals surface area contributed by atoms with Gasteiger partial charge >= 0.3 is 0 Å². The summed E-state index contributed by atoms with van der Waals surface area (Å²) in [4.78, 5) is 8.47. The van der Waals surface area contributed by atoms with Gasteiger partial charge in [-0.1, -0.05) is 0 Å². The van der Waals surface area contributed by atoms with Crippen molar-refractivity contribution in [2.45, 2.75) is 25.2 Å². The standard InChI is InChI=1S/C16H17F4N5O/c17-9-6-10(18)14(20)15(13(9)19)25-24-12-7-11(8-2-3-8)22-16(23-12)21-4-1-5-26/h6-8,25-26H,1-5H2,(H2,21,22,23,24). The van der Waals surface area contributed by atoms with Gasteiger partial charge in [0.15, 0.2) is 23.3 Å². The minimum atomic E-state index is -1.55. The van der Waals surface area contributed by atoms with Crippen LogP contribution in [0.15, 0.2) is 12.1 Å². The minimum Gasteiger partial charge on any atom is -0.396 e. The van der Waals surface area contributed by atoms with Crippen molar-refractivity contribution in [3.63, 3.8) is 0 Å². The first kappa shape index (κ1) is 18.2. The van der Waals surface area contributed by atoms with Crippen molar-refractivity contribution in [2.75, 3.05) is 29.3 Å². The van der Waals surface area contributed by atoms with Crippen LogP contribution in [0.2, 0.25) is 0 Å². The van der Waals surface area contributed by atoms with Gasteiger partial charge in [-0.2, -0.15) is 4.98 Å². The fourth-order valence-corrected chi connectivity index (χ4v) is 2.29. The molecule has 0 bridgehead atoms. The maximum Gasteiger partial charge on any atom is 0.224 e. The Morgan fingerprint density at radius 1 is 1.00 bits per heavy atom. The van der Waals surface area contributed by atoms with E-state index in [9.17, 15) is 17.6 Å². The number of rotatable bonds is 8. The zero-order valence-corrected chi connectivity index (χ0v) is 13.6. The van der Waals surface area contributed by atoms with E-state index < -0.39 is 29.0 Å². The van der Waals surface area contributed by atoms with E-state index in [0.29, 0.717) is 13.0 Å². The second-order valence-corrected chi connectivity index (χ2v) is 5.87. The van der Waals surface area contributed by atoms with Gasteiger partial charge in [0.05, 0.1) is 5.69 Å². The van der Waals surface area contributed by atoms with Crippen molar-refractivity contribution in [2.24, 2.45) is 0 Å². The Morgan fingerprint density at radius 2 is 1.69 bits per heavy atom. The number of hydrogen-bond acceptors (Lipinski definition) is 6. The van der Waals surface area contributed by atoms with Gasteiger partial charge in [-0.3, -0.25) is 10.9 Å². The highest BCUT2D eigenvalue weighted by atomic mass is 19.2. The number of hydrogen-bond donors (Lipinski definition) is 4. The number of aliphatic hydroxyl groups excluding tert-OH is 1. The largest absolute Gasteiger partial charge is 0.396 e. The molecule has 0 amide bonds. The van der Waals surface area contributed by atoms with E-state index in [1.54, 1.807) is 6.07 Å². The van der Waals surface area contributed by atoms with Gasteiger partial charge in [-0.25, -0.2) is 22.5 Å². The lowest BCUT2D eigenvalue weighted by Crippen LogP contribution is -2.16. The number of anilines is 3. The minimum absolute atomic E-state index is 0.00562. The molecule has 1 aliphatic rings. The highest BCUT2D eigenvalue weighted by molar-refractivity contribution is 5.53. The van der Waals surface area contributed by atoms with Crippen LogP contribution in [0.5, 0.6) is 0 Å². The van der Waals surface area contributed by atoms with Crippen LogP contribution in [-0.4, -0.2) is 28.2 Å². The van der Waals surface area contributed by atoms with Crippen LogP contribution >= 0.6 is 0 Å². The molecule has 0 unspecified atom stereocenters. The van der Waals surface area contributed by atoms with E-state index >= 15 is 0 Å². The van der Waals surface area contributed by atoms with Crippen molar-refractivity contribution in [1.29, 1.82) is 0 Å². The highest BCUT2D eigenvalue weighted by Gasteiger charge is 2.26. The Balaban J connectivity index is 1.79. The molecule has 26 heavy (non-hydrogen) atoms. The zero-order valence-electron chi connectivity index (χ0n) is 13.6. The molecular formula is C16H17F4N5O. The van der Waals surface area contributed by atoms with Gasteiger partial charge in [-0.05, 0) is 19.3 Å². The summed E-state index contributed by atoms with van der Waals surface area (Å²) < 4.78 is 53.9. The second kappa shape index (κ2) is 7.73. The predicted octanol–water partition coefficient (Wildman–Crippen LogP) is 3.14. The van der Waals surface area contributed by atoms with Crippen LogP contribution in [0.3, 0.4) is 0 Å². The van der Waals surface area contributed by atoms with E-state index in [4.69, 9.17) is 5.11 Å². The van der Waals surface area contributed by atoms with Crippen LogP contribution in [0, 0.1) is 23.3 Å². The molecule has 0 radical (unpaired) electrons. The Labute approximate surface area is 146 Å². The fourth-order valence-electron chi connectivity index (χ4n) is 2.29. The van der Waals surface area contributed by atoms with E-state index in [1.165, 1.54) is 0 Å². The van der Waals surface area contributed by atoms with Gasteiger partial charge in [-0.15, -0.1) is 0 Å². The lowest BCUT2D eigenvalue weighted by atomic mass is 10.2. The summed E-state index contributed by atoms with van der Waals surface area (Å²) in [6.07, 6.45) is 2.44. The normalized spacial score (nSPS) is 13.6. The van der Waals surface area contributed by atoms with E-state index in [-0.39, 0.29) is 30.4 Å². The molecule has 6 nitrogen and oxygen atoms in total. The average molecular weight is 371 g/mol. The van der Waals surface area contributed by atoms with Crippen LogP contribution in [-0.2, 0) is 0 Å². The van der Waals surface area contributed by atoms with Gasteiger partial charge in [0.1, 0.15) is 11.5 Å². The summed E-state index contributed by atoms with van der Waals surface area (Å²) in [5.41, 5.74) is 4.32. The van der Waals surface area contributed by atoms with Crippen molar-refractivity contribution in [1.82, 2.24) is 9.97 Å². The van der Waals surface area contributed by atoms with Gasteiger partial charge < -0.3 is 10.4 Å². The first-order valence-corrected chi connectivity index (χ1v) is 8.08. The number of aliphatic hydroxyl groups is 1. The Hall–Kier alpha value is -2.62. The molecule has 4 N–H and O–H groups in total. The van der Waals surface area contributed by atoms with Crippen LogP contribution in [0.25, 0.3) is 0 Å². The molecule has 0 atom stereocenters. The molecular weight excluding hydrogens is 354 g/mol. The van der Waals surface area contributed by atoms with Gasteiger partial charge in [0, 0.05) is 31.2 Å². The average Bonchev–Trinajstić information content (AvgIpc) is 3.45. The molecule has 0 aliphatic heterocycles. The molecule has 10 heteroatoms. The first-order valence-electron chi connectivity index (χ1n) is 8.08. The molecule has 140 valence electrons. The summed E-state index contributed by atoms with van der Waals surface area (Å²) in [5, 5.41) is 11.8. The maximum absolute atomic E-state index is 13.7. The summed E-state index contributed by atoms with van der Waals surface area (Å²) in [5.74, 6) is -5.39. The topological polar surface area (TPSA) is 82.1 Å². The molecule has 1 saturated carbocycles. The van der Waals surface area contributed by atoms with Crippen molar-refractivity contribution >= 4 is 17.5 Å². The van der Waals surface area contributed by atoms with Gasteiger partial charge in [0.2, 0.25) is 5.95 Å². The lowest BCUT2D eigenvalue weighted by Gasteiger charge is -2.14. The Kier molecular flexibility index (Phi) is 5.40. The zero-order chi connectivity index (χ0) is 18.7. The second-order valence-electron chi connectivity index (χ2n) is 5.87. The summed E-state index contributed by atoms with van der Waals surface area (Å²) in [7, 11) is 0. The molecule has 1 aromatic carbocycles. The van der Waals surface area contributed by atoms with E-state index in [0.717, 1.165) is 18.5 Å². The molecule has 1 heterocycles. The number of nitrogens with zero attached hydrogens (tertiary/aromatic N) is 2. The number of nitrogens with one attached hydrogen (secondary N) is 3. The van der Waals surface area contributed by atoms with E-state index in [2.05, 4.69) is 26.1 Å². The molecule has 2 aromatic rings.